The van der Waals surface area contributed by atoms with Crippen LogP contribution in [0.25, 0.3) is 0 Å². The third-order valence-corrected chi connectivity index (χ3v) is 4.55. The highest BCUT2D eigenvalue weighted by Gasteiger charge is 2.44. The van der Waals surface area contributed by atoms with Crippen LogP contribution in [-0.2, 0) is 0 Å². The minimum absolute atomic E-state index is 0.0171. The Morgan fingerprint density at radius 3 is 2.45 bits per heavy atom. The van der Waals surface area contributed by atoms with Gasteiger partial charge in [-0.05, 0) is 31.9 Å². The molecule has 2 bridgehead atoms. The molecule has 5 nitrogen and oxygen atoms in total. The first-order valence-corrected chi connectivity index (χ1v) is 7.44. The Balaban J connectivity index is 1.75. The first-order chi connectivity index (χ1) is 10.5. The number of hydrogen-bond acceptors (Lipinski definition) is 3. The summed E-state index contributed by atoms with van der Waals surface area (Å²) in [6.45, 7) is 1.31. The van der Waals surface area contributed by atoms with Crippen molar-refractivity contribution in [1.29, 1.82) is 0 Å². The molecule has 0 saturated carbocycles. The first kappa shape index (κ1) is 14.8. The molecule has 2 aliphatic rings. The van der Waals surface area contributed by atoms with Gasteiger partial charge >= 0.3 is 6.09 Å². The second-order valence-electron chi connectivity index (χ2n) is 5.96. The maximum absolute atomic E-state index is 14.2. The second kappa shape index (κ2) is 5.59. The molecule has 0 aliphatic carbocycles. The number of piperidine rings is 1. The molecule has 1 amide bonds. The Hall–Kier alpha value is -2.11. The van der Waals surface area contributed by atoms with E-state index in [2.05, 4.69) is 0 Å². The average Bonchev–Trinajstić information content (AvgIpc) is 2.73. The van der Waals surface area contributed by atoms with Gasteiger partial charge in [-0.3, -0.25) is 4.79 Å². The van der Waals surface area contributed by atoms with E-state index in [1.807, 2.05) is 0 Å². The van der Waals surface area contributed by atoms with Gasteiger partial charge in [0.05, 0.1) is 5.56 Å². The minimum Gasteiger partial charge on any atom is -0.487 e. The number of nitrogens with zero attached hydrogens (tertiary/aromatic N) is 1. The number of fused-ring (bicyclic) bond motifs is 2. The van der Waals surface area contributed by atoms with Gasteiger partial charge in [-0.2, -0.15) is 0 Å². The van der Waals surface area contributed by atoms with Crippen LogP contribution < -0.4 is 4.74 Å². The Morgan fingerprint density at radius 1 is 1.27 bits per heavy atom. The van der Waals surface area contributed by atoms with Crippen LogP contribution in [0.1, 0.15) is 43.0 Å². The van der Waals surface area contributed by atoms with Crippen molar-refractivity contribution in [3.63, 3.8) is 0 Å². The van der Waals surface area contributed by atoms with E-state index in [0.717, 1.165) is 12.8 Å². The van der Waals surface area contributed by atoms with Crippen LogP contribution in [0.2, 0.25) is 0 Å². The fourth-order valence-corrected chi connectivity index (χ4v) is 3.59. The highest BCUT2D eigenvalue weighted by Crippen LogP contribution is 2.37. The van der Waals surface area contributed by atoms with E-state index in [0.29, 0.717) is 12.8 Å². The molecular weight excluding hydrogens is 289 g/mol. The van der Waals surface area contributed by atoms with Crippen LogP contribution in [0, 0.1) is 5.82 Å². The van der Waals surface area contributed by atoms with Crippen molar-refractivity contribution < 1.29 is 23.8 Å². The van der Waals surface area contributed by atoms with E-state index in [9.17, 15) is 19.1 Å². The fourth-order valence-electron chi connectivity index (χ4n) is 3.59. The summed E-state index contributed by atoms with van der Waals surface area (Å²) in [5.74, 6) is -0.910. The van der Waals surface area contributed by atoms with Crippen LogP contribution in [-0.4, -0.2) is 40.1 Å². The number of ketones is 1. The van der Waals surface area contributed by atoms with Gasteiger partial charge in [0.15, 0.2) is 17.3 Å². The number of carbonyl (C=O) groups excluding carboxylic acids is 1. The van der Waals surface area contributed by atoms with Crippen molar-refractivity contribution in [1.82, 2.24) is 4.90 Å². The number of amides is 1. The monoisotopic (exact) mass is 307 g/mol. The molecule has 2 fully saturated rings. The molecule has 3 atom stereocenters. The zero-order valence-electron chi connectivity index (χ0n) is 12.3. The predicted molar refractivity (Wildman–Crippen MR) is 76.7 cm³/mol. The molecule has 2 heterocycles. The molecule has 1 unspecified atom stereocenters. The molecule has 1 aromatic rings. The van der Waals surface area contributed by atoms with Gasteiger partial charge in [0.1, 0.15) is 6.10 Å². The largest absolute Gasteiger partial charge is 0.487 e. The summed E-state index contributed by atoms with van der Waals surface area (Å²) < 4.78 is 20.0. The molecule has 118 valence electrons. The van der Waals surface area contributed by atoms with Gasteiger partial charge in [0.2, 0.25) is 0 Å². The number of carboxylic acid groups (broad SMARTS) is 1. The molecule has 0 aromatic heterocycles. The number of Topliss-reactive ketones (excluding diaryl/α,β-unsaturated/α-hetero) is 1. The summed E-state index contributed by atoms with van der Waals surface area (Å²) in [5, 5.41) is 9.22. The number of carbonyl (C=O) groups is 2. The van der Waals surface area contributed by atoms with E-state index in [1.165, 1.54) is 24.0 Å². The summed E-state index contributed by atoms with van der Waals surface area (Å²) in [7, 11) is 0. The Labute approximate surface area is 127 Å². The molecule has 1 aromatic carbocycles. The van der Waals surface area contributed by atoms with Gasteiger partial charge in [-0.1, -0.05) is 6.07 Å². The van der Waals surface area contributed by atoms with Gasteiger partial charge in [-0.25, -0.2) is 9.18 Å². The van der Waals surface area contributed by atoms with Crippen LogP contribution in [0.3, 0.4) is 0 Å². The number of halogens is 1. The van der Waals surface area contributed by atoms with E-state index in [4.69, 9.17) is 4.74 Å². The van der Waals surface area contributed by atoms with Crippen molar-refractivity contribution in [2.24, 2.45) is 0 Å². The highest BCUT2D eigenvalue weighted by molar-refractivity contribution is 5.94. The smallest absolute Gasteiger partial charge is 0.407 e. The summed E-state index contributed by atoms with van der Waals surface area (Å²) in [5.41, 5.74) is 0.0171. The van der Waals surface area contributed by atoms with Crippen LogP contribution >= 0.6 is 0 Å². The number of rotatable bonds is 3. The molecular formula is C16H18FNO4. The van der Waals surface area contributed by atoms with Gasteiger partial charge < -0.3 is 14.7 Å². The summed E-state index contributed by atoms with van der Waals surface area (Å²) in [6, 6.07) is 4.42. The zero-order valence-corrected chi connectivity index (χ0v) is 12.3. The summed E-state index contributed by atoms with van der Waals surface area (Å²) in [6.07, 6.45) is 1.67. The summed E-state index contributed by atoms with van der Waals surface area (Å²) in [4.78, 5) is 24.1. The fraction of sp³-hybridized carbons (Fsp3) is 0.500. The number of ether oxygens (including phenoxy) is 1. The third kappa shape index (κ3) is 2.53. The zero-order chi connectivity index (χ0) is 15.9. The van der Waals surface area contributed by atoms with Gasteiger partial charge in [-0.15, -0.1) is 0 Å². The molecule has 1 N–H and O–H groups in total. The highest BCUT2D eigenvalue weighted by atomic mass is 19.1. The molecule has 0 radical (unpaired) electrons. The average molecular weight is 307 g/mol. The minimum atomic E-state index is -0.893. The molecule has 22 heavy (non-hydrogen) atoms. The maximum Gasteiger partial charge on any atom is 0.407 e. The Kier molecular flexibility index (Phi) is 3.76. The molecule has 2 saturated heterocycles. The standard InChI is InChI=1S/C16H18FNO4/c1-9(19)13-3-2-4-14(15(13)17)22-12-7-10-5-6-11(8-12)18(10)16(20)21/h2-4,10-12H,5-8H2,1H3,(H,20,21)/t10-,11+,12?. The van der Waals surface area contributed by atoms with Crippen molar-refractivity contribution >= 4 is 11.9 Å². The Morgan fingerprint density at radius 2 is 1.91 bits per heavy atom. The normalized spacial score (nSPS) is 26.8. The first-order valence-electron chi connectivity index (χ1n) is 7.44. The lowest BCUT2D eigenvalue weighted by molar-refractivity contribution is 0.0477. The van der Waals surface area contributed by atoms with E-state index < -0.39 is 11.9 Å². The lowest BCUT2D eigenvalue weighted by atomic mass is 10.00. The molecule has 2 aliphatic heterocycles. The van der Waals surface area contributed by atoms with Crippen LogP contribution in [0.4, 0.5) is 9.18 Å². The van der Waals surface area contributed by atoms with Crippen molar-refractivity contribution in [2.75, 3.05) is 0 Å². The van der Waals surface area contributed by atoms with Crippen molar-refractivity contribution in [3.05, 3.63) is 29.6 Å². The van der Waals surface area contributed by atoms with Gasteiger partial charge in [0, 0.05) is 24.9 Å². The van der Waals surface area contributed by atoms with E-state index >= 15 is 0 Å². The molecule has 3 rings (SSSR count). The number of benzene rings is 1. The SMILES string of the molecule is CC(=O)c1cccc(OC2C[C@H]3CC[C@@H](C2)N3C(=O)O)c1F. The van der Waals surface area contributed by atoms with Crippen molar-refractivity contribution in [3.8, 4) is 5.75 Å². The second-order valence-corrected chi connectivity index (χ2v) is 5.96. The predicted octanol–water partition coefficient (Wildman–Crippen LogP) is 3.08. The topological polar surface area (TPSA) is 66.8 Å². The lowest BCUT2D eigenvalue weighted by Gasteiger charge is -2.37. The van der Waals surface area contributed by atoms with E-state index in [1.54, 1.807) is 6.07 Å². The quantitative estimate of drug-likeness (QED) is 0.871. The molecule has 6 heteroatoms. The number of hydrogen-bond donors (Lipinski definition) is 1. The van der Waals surface area contributed by atoms with Gasteiger partial charge in [0.25, 0.3) is 0 Å². The molecule has 0 spiro atoms. The lowest BCUT2D eigenvalue weighted by Crippen LogP contribution is -2.48. The van der Waals surface area contributed by atoms with E-state index in [-0.39, 0.29) is 35.3 Å². The summed E-state index contributed by atoms with van der Waals surface area (Å²) >= 11 is 0. The maximum atomic E-state index is 14.2. The Bertz CT molecular complexity index is 604. The van der Waals surface area contributed by atoms with Crippen molar-refractivity contribution in [2.45, 2.75) is 50.8 Å². The van der Waals surface area contributed by atoms with Crippen LogP contribution in [0.5, 0.6) is 5.75 Å². The third-order valence-electron chi connectivity index (χ3n) is 4.55. The van der Waals surface area contributed by atoms with Crippen LogP contribution in [0.15, 0.2) is 18.2 Å².